The molecule has 0 unspecified atom stereocenters. The molecule has 0 spiro atoms. The first-order valence-electron chi connectivity index (χ1n) is 16.7. The van der Waals surface area contributed by atoms with Crippen LogP contribution in [0.1, 0.15) is 0 Å². The second kappa shape index (κ2) is 16.3. The van der Waals surface area contributed by atoms with Crippen LogP contribution in [0.5, 0.6) is 28.7 Å². The molecule has 0 aliphatic carbocycles. The molecule has 1 aromatic heterocycles. The molecular weight excluding hydrogens is 748 g/mol. The maximum Gasteiger partial charge on any atom is 0.239 e. The quantitative estimate of drug-likeness (QED) is 0.0910. The fourth-order valence-electron chi connectivity index (χ4n) is 6.24. The summed E-state index contributed by atoms with van der Waals surface area (Å²) < 4.78 is 39.3. The summed E-state index contributed by atoms with van der Waals surface area (Å²) in [5.41, 5.74) is -1.78. The van der Waals surface area contributed by atoms with Crippen molar-refractivity contribution in [2.75, 3.05) is 19.8 Å². The van der Waals surface area contributed by atoms with Crippen molar-refractivity contribution in [3.8, 4) is 40.1 Å². The predicted molar refractivity (Wildman–Crippen MR) is 174 cm³/mol. The van der Waals surface area contributed by atoms with E-state index in [9.17, 15) is 76.3 Å². The molecule has 3 aliphatic rings. The molecule has 0 bridgehead atoms. The lowest BCUT2D eigenvalue weighted by Crippen LogP contribution is -2.60. The van der Waals surface area contributed by atoms with Gasteiger partial charge < -0.3 is 104 Å². The molecule has 3 aromatic rings. The van der Waals surface area contributed by atoms with Crippen molar-refractivity contribution in [3.05, 3.63) is 40.6 Å². The molecule has 3 aliphatic heterocycles. The van der Waals surface area contributed by atoms with Gasteiger partial charge >= 0.3 is 0 Å². The number of aromatic hydroxyl groups is 2. The molecule has 3 fully saturated rings. The van der Waals surface area contributed by atoms with Crippen molar-refractivity contribution >= 4 is 11.0 Å². The van der Waals surface area contributed by atoms with Crippen LogP contribution in [-0.4, -0.2) is 183 Å². The molecule has 0 amide bonds. The first-order valence-corrected chi connectivity index (χ1v) is 16.7. The van der Waals surface area contributed by atoms with Gasteiger partial charge in [-0.1, -0.05) is 0 Å². The minimum absolute atomic E-state index is 0.0222. The highest BCUT2D eigenvalue weighted by molar-refractivity contribution is 5.91. The molecule has 14 N–H and O–H groups in total. The summed E-state index contributed by atoms with van der Waals surface area (Å²) in [4.78, 5) is 14.4. The number of benzene rings is 2. The Morgan fingerprint density at radius 3 is 1.40 bits per heavy atom. The lowest BCUT2D eigenvalue weighted by molar-refractivity contribution is -0.282. The zero-order valence-electron chi connectivity index (χ0n) is 28.2. The normalized spacial score (nSPS) is 36.8. The van der Waals surface area contributed by atoms with Crippen molar-refractivity contribution in [2.24, 2.45) is 0 Å². The van der Waals surface area contributed by atoms with E-state index in [1.807, 2.05) is 0 Å². The van der Waals surface area contributed by atoms with E-state index in [0.717, 1.165) is 6.07 Å². The monoisotopic (exact) mass is 788 g/mol. The van der Waals surface area contributed by atoms with Crippen LogP contribution in [0.4, 0.5) is 0 Å². The average Bonchev–Trinajstić information content (AvgIpc) is 3.17. The van der Waals surface area contributed by atoms with E-state index >= 15 is 0 Å². The number of rotatable bonds is 10. The Kier molecular flexibility index (Phi) is 12.0. The van der Waals surface area contributed by atoms with Gasteiger partial charge in [-0.2, -0.15) is 0 Å². The number of hydrogen-bond donors (Lipinski definition) is 14. The minimum Gasteiger partial charge on any atom is -0.508 e. The second-order valence-corrected chi connectivity index (χ2v) is 13.0. The molecule has 2 aromatic carbocycles. The zero-order chi connectivity index (χ0) is 40.0. The summed E-state index contributed by atoms with van der Waals surface area (Å²) in [6.07, 6.45) is -28.0. The topological polar surface area (TPSA) is 369 Å². The average molecular weight is 789 g/mol. The van der Waals surface area contributed by atoms with E-state index in [-0.39, 0.29) is 11.3 Å². The highest BCUT2D eigenvalue weighted by Crippen LogP contribution is 2.47. The SMILES string of the molecule is O=c1c(O[C@@H]2O[C@H](CO)[C@@H](O)[C@H](O)[C@H]2O)c(-c2ccc(O)cc2)oc2cc(O[C@@H]3O[C@H](CO)[C@@H](O)[C@H](O)[C@H]3O)c(O[C@@H]3O[C@@H](CO)[C@@H](O)[C@H](O)[C@H]3O)c(O)c12. The Balaban J connectivity index is 1.53. The van der Waals surface area contributed by atoms with Crippen LogP contribution in [0.25, 0.3) is 22.3 Å². The molecule has 4 heterocycles. The third-order valence-electron chi connectivity index (χ3n) is 9.42. The third kappa shape index (κ3) is 7.51. The van der Waals surface area contributed by atoms with Gasteiger partial charge in [0, 0.05) is 11.6 Å². The summed E-state index contributed by atoms with van der Waals surface area (Å²) >= 11 is 0. The van der Waals surface area contributed by atoms with E-state index < -0.39 is 157 Å². The van der Waals surface area contributed by atoms with Crippen LogP contribution < -0.4 is 19.6 Å². The molecule has 22 nitrogen and oxygen atoms in total. The number of phenolic OH excluding ortho intramolecular Hbond substituents is 2. The van der Waals surface area contributed by atoms with Gasteiger partial charge in [0.2, 0.25) is 35.8 Å². The van der Waals surface area contributed by atoms with E-state index in [4.69, 9.17) is 32.8 Å². The van der Waals surface area contributed by atoms with Crippen molar-refractivity contribution in [2.45, 2.75) is 92.1 Å². The number of hydrogen-bond acceptors (Lipinski definition) is 22. The molecule has 0 saturated carbocycles. The maximum atomic E-state index is 14.4. The Labute approximate surface area is 307 Å². The summed E-state index contributed by atoms with van der Waals surface area (Å²) in [6.45, 7) is -2.63. The van der Waals surface area contributed by atoms with Gasteiger partial charge in [0.25, 0.3) is 0 Å². The van der Waals surface area contributed by atoms with Gasteiger partial charge in [-0.3, -0.25) is 4.79 Å². The van der Waals surface area contributed by atoms with Crippen LogP contribution in [-0.2, 0) is 14.2 Å². The first kappa shape index (κ1) is 40.7. The van der Waals surface area contributed by atoms with Gasteiger partial charge in [0.1, 0.15) is 90.0 Å². The predicted octanol–water partition coefficient (Wildman–Crippen LogP) is -5.59. The van der Waals surface area contributed by atoms with Crippen LogP contribution in [0.3, 0.4) is 0 Å². The Morgan fingerprint density at radius 1 is 0.545 bits per heavy atom. The number of fused-ring (bicyclic) bond motifs is 1. The standard InChI is InChI=1S/C33H40O22/c34-6-13-17(38)22(43)25(46)31(51-13)50-12-5-11-16(20(41)29(12)54-32-26(47)23(44)18(39)14(7-35)52-32)21(42)30(28(49-11)9-1-3-10(37)4-2-9)55-33-27(48)24(45)19(40)15(8-36)53-33/h1-5,13-15,17-19,22-27,31-41,43-48H,6-8H2/t13-,14+,15-,17-,18-,19-,22+,23+,24+,25-,26-,27-,31-,32+,33+/m1/s1. The highest BCUT2D eigenvalue weighted by atomic mass is 16.7. The Hall–Kier alpha value is -3.95. The maximum absolute atomic E-state index is 14.4. The first-order chi connectivity index (χ1) is 26.1. The molecule has 6 rings (SSSR count). The summed E-state index contributed by atoms with van der Waals surface area (Å²) in [5.74, 6) is -4.30. The molecule has 55 heavy (non-hydrogen) atoms. The van der Waals surface area contributed by atoms with Gasteiger partial charge in [0.05, 0.1) is 19.8 Å². The fraction of sp³-hybridized carbons (Fsp3) is 0.545. The number of phenols is 2. The summed E-state index contributed by atoms with van der Waals surface area (Å²) in [7, 11) is 0. The van der Waals surface area contributed by atoms with E-state index in [2.05, 4.69) is 0 Å². The molecular formula is C33H40O22. The fourth-order valence-corrected chi connectivity index (χ4v) is 6.24. The number of aliphatic hydroxyl groups excluding tert-OH is 12. The zero-order valence-corrected chi connectivity index (χ0v) is 28.2. The highest BCUT2D eigenvalue weighted by Gasteiger charge is 2.48. The molecule has 15 atom stereocenters. The van der Waals surface area contributed by atoms with Crippen molar-refractivity contribution < 1.29 is 104 Å². The second-order valence-electron chi connectivity index (χ2n) is 13.0. The molecule has 22 heteroatoms. The van der Waals surface area contributed by atoms with Crippen molar-refractivity contribution in [1.82, 2.24) is 0 Å². The van der Waals surface area contributed by atoms with Crippen LogP contribution in [0, 0.1) is 0 Å². The van der Waals surface area contributed by atoms with Gasteiger partial charge in [-0.15, -0.1) is 0 Å². The Bertz CT molecular complexity index is 1850. The Morgan fingerprint density at radius 2 is 0.964 bits per heavy atom. The van der Waals surface area contributed by atoms with Gasteiger partial charge in [-0.05, 0) is 24.3 Å². The minimum atomic E-state index is -2.09. The third-order valence-corrected chi connectivity index (χ3v) is 9.42. The molecule has 0 radical (unpaired) electrons. The van der Waals surface area contributed by atoms with E-state index in [1.54, 1.807) is 0 Å². The smallest absolute Gasteiger partial charge is 0.239 e. The lowest BCUT2D eigenvalue weighted by atomic mass is 9.99. The van der Waals surface area contributed by atoms with Crippen LogP contribution in [0.15, 0.2) is 39.5 Å². The van der Waals surface area contributed by atoms with Crippen molar-refractivity contribution in [3.63, 3.8) is 0 Å². The van der Waals surface area contributed by atoms with E-state index in [0.29, 0.717) is 0 Å². The van der Waals surface area contributed by atoms with Crippen molar-refractivity contribution in [1.29, 1.82) is 0 Å². The summed E-state index contributed by atoms with van der Waals surface area (Å²) in [6, 6.07) is 5.81. The number of ether oxygens (including phenoxy) is 6. The number of aliphatic hydroxyl groups is 12. The van der Waals surface area contributed by atoms with Crippen LogP contribution >= 0.6 is 0 Å². The van der Waals surface area contributed by atoms with Gasteiger partial charge in [0.15, 0.2) is 17.3 Å². The summed E-state index contributed by atoms with van der Waals surface area (Å²) in [5, 5.41) is 144. The molecule has 304 valence electrons. The molecule has 3 saturated heterocycles. The lowest BCUT2D eigenvalue weighted by Gasteiger charge is -2.41. The van der Waals surface area contributed by atoms with E-state index in [1.165, 1.54) is 24.3 Å². The van der Waals surface area contributed by atoms with Crippen LogP contribution in [0.2, 0.25) is 0 Å². The van der Waals surface area contributed by atoms with Gasteiger partial charge in [-0.25, -0.2) is 0 Å². The largest absolute Gasteiger partial charge is 0.508 e.